The highest BCUT2D eigenvalue weighted by Gasteiger charge is 2.13. The summed E-state index contributed by atoms with van der Waals surface area (Å²) in [5.74, 6) is 1.33. The molecule has 0 aliphatic heterocycles. The summed E-state index contributed by atoms with van der Waals surface area (Å²) in [4.78, 5) is 4.31. The Hall–Kier alpha value is -0.940. The predicted molar refractivity (Wildman–Crippen MR) is 65.8 cm³/mol. The highest BCUT2D eigenvalue weighted by Crippen LogP contribution is 2.13. The van der Waals surface area contributed by atoms with Crippen molar-refractivity contribution in [1.29, 1.82) is 0 Å². The van der Waals surface area contributed by atoms with E-state index in [-0.39, 0.29) is 6.10 Å². The maximum atomic E-state index is 5.40. The lowest BCUT2D eigenvalue weighted by Crippen LogP contribution is -2.23. The van der Waals surface area contributed by atoms with Crippen molar-refractivity contribution < 1.29 is 9.26 Å². The van der Waals surface area contributed by atoms with Gasteiger partial charge in [-0.2, -0.15) is 4.98 Å². The number of ether oxygens (including phenoxy) is 1. The van der Waals surface area contributed by atoms with Crippen LogP contribution in [0.5, 0.6) is 0 Å². The van der Waals surface area contributed by atoms with Crippen LogP contribution in [0.4, 0.5) is 0 Å². The van der Waals surface area contributed by atoms with Crippen molar-refractivity contribution >= 4 is 0 Å². The summed E-state index contributed by atoms with van der Waals surface area (Å²) in [6.45, 7) is 9.77. The molecule has 98 valence electrons. The van der Waals surface area contributed by atoms with Crippen LogP contribution in [0.25, 0.3) is 0 Å². The van der Waals surface area contributed by atoms with Crippen molar-refractivity contribution in [3.8, 4) is 0 Å². The van der Waals surface area contributed by atoms with Gasteiger partial charge in [-0.1, -0.05) is 19.0 Å². The van der Waals surface area contributed by atoms with Gasteiger partial charge in [-0.25, -0.2) is 0 Å². The van der Waals surface area contributed by atoms with E-state index in [4.69, 9.17) is 9.26 Å². The van der Waals surface area contributed by atoms with E-state index in [0.717, 1.165) is 19.4 Å². The van der Waals surface area contributed by atoms with E-state index < -0.39 is 0 Å². The lowest BCUT2D eigenvalue weighted by Gasteiger charge is -2.06. The molecule has 0 saturated carbocycles. The summed E-state index contributed by atoms with van der Waals surface area (Å²) < 4.78 is 10.6. The van der Waals surface area contributed by atoms with Crippen molar-refractivity contribution in [3.05, 3.63) is 11.7 Å². The molecule has 0 radical (unpaired) electrons. The Kier molecular flexibility index (Phi) is 6.15. The van der Waals surface area contributed by atoms with Gasteiger partial charge in [0.15, 0.2) is 5.82 Å². The van der Waals surface area contributed by atoms with Gasteiger partial charge >= 0.3 is 0 Å². The first kappa shape index (κ1) is 14.1. The van der Waals surface area contributed by atoms with Crippen LogP contribution in [-0.2, 0) is 11.2 Å². The van der Waals surface area contributed by atoms with E-state index in [1.165, 1.54) is 0 Å². The normalized spacial score (nSPS) is 13.2. The summed E-state index contributed by atoms with van der Waals surface area (Å²) in [6.07, 6.45) is 1.72. The fourth-order valence-electron chi connectivity index (χ4n) is 1.49. The van der Waals surface area contributed by atoms with E-state index >= 15 is 0 Å². The highest BCUT2D eigenvalue weighted by atomic mass is 16.5. The molecule has 0 amide bonds. The summed E-state index contributed by atoms with van der Waals surface area (Å²) in [5.41, 5.74) is 0. The van der Waals surface area contributed by atoms with Gasteiger partial charge in [0.1, 0.15) is 6.10 Å². The Morgan fingerprint density at radius 2 is 2.12 bits per heavy atom. The molecule has 0 aliphatic carbocycles. The second-order valence-corrected chi connectivity index (χ2v) is 4.36. The molecule has 17 heavy (non-hydrogen) atoms. The maximum absolute atomic E-state index is 5.40. The van der Waals surface area contributed by atoms with E-state index in [1.807, 2.05) is 13.8 Å². The molecule has 0 spiro atoms. The predicted octanol–water partition coefficient (Wildman–Crippen LogP) is 2.10. The average molecular weight is 241 g/mol. The zero-order chi connectivity index (χ0) is 12.7. The first-order valence-corrected chi connectivity index (χ1v) is 6.31. The molecule has 1 atom stereocenters. The van der Waals surface area contributed by atoms with Crippen LogP contribution >= 0.6 is 0 Å². The third-order valence-corrected chi connectivity index (χ3v) is 2.38. The fraction of sp³-hybridized carbons (Fsp3) is 0.833. The van der Waals surface area contributed by atoms with Gasteiger partial charge < -0.3 is 14.6 Å². The monoisotopic (exact) mass is 241 g/mol. The number of aryl methyl sites for hydroxylation is 1. The first-order valence-electron chi connectivity index (χ1n) is 6.31. The minimum atomic E-state index is -0.0914. The van der Waals surface area contributed by atoms with Crippen LogP contribution in [0.1, 0.15) is 51.9 Å². The van der Waals surface area contributed by atoms with Gasteiger partial charge in [-0.3, -0.25) is 0 Å². The maximum Gasteiger partial charge on any atom is 0.226 e. The van der Waals surface area contributed by atoms with Crippen molar-refractivity contribution in [2.75, 3.05) is 13.2 Å². The second kappa shape index (κ2) is 7.40. The Labute approximate surface area is 103 Å². The largest absolute Gasteiger partial charge is 0.371 e. The molecule has 0 fully saturated rings. The number of nitrogens with one attached hydrogen (secondary N) is 1. The number of nitrogens with zero attached hydrogens (tertiary/aromatic N) is 2. The first-order chi connectivity index (χ1) is 8.13. The molecule has 5 nitrogen and oxygen atoms in total. The Balaban J connectivity index is 2.30. The van der Waals surface area contributed by atoms with Crippen LogP contribution in [0, 0.1) is 0 Å². The summed E-state index contributed by atoms with van der Waals surface area (Å²) >= 11 is 0. The molecule has 1 unspecified atom stereocenters. The molecule has 0 aliphatic rings. The molecule has 1 N–H and O–H groups in total. The lowest BCUT2D eigenvalue weighted by molar-refractivity contribution is 0.0683. The number of rotatable bonds is 8. The number of hydrogen-bond acceptors (Lipinski definition) is 5. The lowest BCUT2D eigenvalue weighted by atomic mass is 10.3. The molecule has 0 bridgehead atoms. The molecular weight excluding hydrogens is 218 g/mol. The molecule has 1 aromatic heterocycles. The van der Waals surface area contributed by atoms with E-state index in [1.54, 1.807) is 0 Å². The van der Waals surface area contributed by atoms with Gasteiger partial charge in [-0.15, -0.1) is 0 Å². The third-order valence-electron chi connectivity index (χ3n) is 2.38. The summed E-state index contributed by atoms with van der Waals surface area (Å²) in [7, 11) is 0. The number of hydrogen-bond donors (Lipinski definition) is 1. The molecule has 1 heterocycles. The van der Waals surface area contributed by atoms with Crippen molar-refractivity contribution in [1.82, 2.24) is 15.5 Å². The molecular formula is C12H23N3O2. The molecule has 1 rings (SSSR count). The smallest absolute Gasteiger partial charge is 0.226 e. The molecule has 0 saturated heterocycles. The Morgan fingerprint density at radius 3 is 2.76 bits per heavy atom. The van der Waals surface area contributed by atoms with Gasteiger partial charge in [0.05, 0.1) is 0 Å². The SMILES string of the molecule is CCOC(C)c1noc(CCCNC(C)C)n1. The van der Waals surface area contributed by atoms with Crippen LogP contribution < -0.4 is 5.32 Å². The molecule has 0 aromatic carbocycles. The quantitative estimate of drug-likeness (QED) is 0.706. The Bertz CT molecular complexity index is 312. The van der Waals surface area contributed by atoms with Crippen LogP contribution in [-0.4, -0.2) is 29.3 Å². The Morgan fingerprint density at radius 1 is 1.35 bits per heavy atom. The standard InChI is InChI=1S/C12H23N3O2/c1-5-16-10(4)12-14-11(17-15-12)7-6-8-13-9(2)3/h9-10,13H,5-8H2,1-4H3. The minimum absolute atomic E-state index is 0.0914. The second-order valence-electron chi connectivity index (χ2n) is 4.36. The minimum Gasteiger partial charge on any atom is -0.371 e. The molecule has 5 heteroatoms. The van der Waals surface area contributed by atoms with Gasteiger partial charge in [0.25, 0.3) is 0 Å². The van der Waals surface area contributed by atoms with E-state index in [2.05, 4.69) is 29.3 Å². The topological polar surface area (TPSA) is 60.2 Å². The zero-order valence-electron chi connectivity index (χ0n) is 11.2. The fourth-order valence-corrected chi connectivity index (χ4v) is 1.49. The van der Waals surface area contributed by atoms with Crippen LogP contribution in [0.15, 0.2) is 4.52 Å². The van der Waals surface area contributed by atoms with Gasteiger partial charge in [0.2, 0.25) is 5.89 Å². The van der Waals surface area contributed by atoms with Crippen molar-refractivity contribution in [2.24, 2.45) is 0 Å². The zero-order valence-corrected chi connectivity index (χ0v) is 11.2. The third kappa shape index (κ3) is 5.28. The van der Waals surface area contributed by atoms with Crippen LogP contribution in [0.2, 0.25) is 0 Å². The van der Waals surface area contributed by atoms with Crippen LogP contribution in [0.3, 0.4) is 0 Å². The van der Waals surface area contributed by atoms with E-state index in [9.17, 15) is 0 Å². The van der Waals surface area contributed by atoms with Gasteiger partial charge in [-0.05, 0) is 26.8 Å². The number of aromatic nitrogens is 2. The summed E-state index contributed by atoms with van der Waals surface area (Å²) in [5, 5.41) is 7.27. The van der Waals surface area contributed by atoms with Gasteiger partial charge in [0, 0.05) is 19.1 Å². The molecule has 1 aromatic rings. The highest BCUT2D eigenvalue weighted by molar-refractivity contribution is 4.90. The average Bonchev–Trinajstić information content (AvgIpc) is 2.73. The van der Waals surface area contributed by atoms with Crippen molar-refractivity contribution in [2.45, 2.75) is 52.7 Å². The van der Waals surface area contributed by atoms with E-state index in [0.29, 0.717) is 24.4 Å². The van der Waals surface area contributed by atoms with Crippen molar-refractivity contribution in [3.63, 3.8) is 0 Å². The summed E-state index contributed by atoms with van der Waals surface area (Å²) in [6, 6.07) is 0.520.